The molecule has 2 fully saturated rings. The van der Waals surface area contributed by atoms with Gasteiger partial charge in [-0.2, -0.15) is 4.40 Å². The molecule has 0 saturated heterocycles. The Hall–Kier alpha value is -0.640. The number of hydrogen-bond acceptors (Lipinski definition) is 2. The van der Waals surface area contributed by atoms with E-state index in [2.05, 4.69) is 24.8 Å². The van der Waals surface area contributed by atoms with Gasteiger partial charge in [-0.25, -0.2) is 8.42 Å². The number of allylic oxidation sites excluding steroid dienone is 1. The molecule has 0 radical (unpaired) electrons. The van der Waals surface area contributed by atoms with Crippen LogP contribution in [0, 0.1) is 16.7 Å². The highest BCUT2D eigenvalue weighted by Crippen LogP contribution is 2.68. The van der Waals surface area contributed by atoms with Crippen molar-refractivity contribution in [3.05, 3.63) is 12.2 Å². The minimum atomic E-state index is -3.23. The summed E-state index contributed by atoms with van der Waals surface area (Å²) in [6.07, 6.45) is 2.03. The Morgan fingerprint density at radius 2 is 2.13 bits per heavy atom. The number of hydrogen-bond donors (Lipinski definition) is 0. The lowest BCUT2D eigenvalue weighted by molar-refractivity contribution is 0.207. The minimum Gasteiger partial charge on any atom is -0.205 e. The van der Waals surface area contributed by atoms with Gasteiger partial charge in [0.1, 0.15) is 0 Å². The van der Waals surface area contributed by atoms with Crippen molar-refractivity contribution >= 4 is 15.7 Å². The quantitative estimate of drug-likeness (QED) is 0.630. The van der Waals surface area contributed by atoms with Gasteiger partial charge in [0.25, 0.3) is 10.0 Å². The smallest absolute Gasteiger partial charge is 0.205 e. The van der Waals surface area contributed by atoms with Crippen molar-refractivity contribution in [2.45, 2.75) is 26.7 Å². The Balaban J connectivity index is 2.30. The highest BCUT2D eigenvalue weighted by molar-refractivity contribution is 7.90. The first kappa shape index (κ1) is 9.58. The standard InChI is InChI=1S/C11H15NO2S/c1-7-8-4-5-11(10(8,2)3)6-15(13,14)12-9(7)11/h8H,1,4-6H2,2-3H3/t8-,11?/m0/s1. The molecule has 0 aromatic heterocycles. The van der Waals surface area contributed by atoms with Crippen molar-refractivity contribution in [2.75, 3.05) is 5.75 Å². The van der Waals surface area contributed by atoms with E-state index in [4.69, 9.17) is 0 Å². The van der Waals surface area contributed by atoms with Crippen LogP contribution >= 0.6 is 0 Å². The molecule has 2 atom stereocenters. The van der Waals surface area contributed by atoms with Crippen LogP contribution in [0.15, 0.2) is 16.5 Å². The fourth-order valence-corrected chi connectivity index (χ4v) is 5.78. The number of nitrogens with zero attached hydrogens (tertiary/aromatic N) is 1. The molecule has 4 heteroatoms. The maximum absolute atomic E-state index is 11.6. The summed E-state index contributed by atoms with van der Waals surface area (Å²) in [4.78, 5) is 0. The molecular weight excluding hydrogens is 210 g/mol. The van der Waals surface area contributed by atoms with Gasteiger partial charge in [0.15, 0.2) is 0 Å². The van der Waals surface area contributed by atoms with E-state index in [-0.39, 0.29) is 16.6 Å². The molecule has 0 aromatic carbocycles. The van der Waals surface area contributed by atoms with E-state index in [1.807, 2.05) is 0 Å². The number of rotatable bonds is 0. The predicted octanol–water partition coefficient (Wildman–Crippen LogP) is 1.76. The average Bonchev–Trinajstić information content (AvgIpc) is 2.54. The van der Waals surface area contributed by atoms with Gasteiger partial charge >= 0.3 is 0 Å². The highest BCUT2D eigenvalue weighted by Gasteiger charge is 2.68. The van der Waals surface area contributed by atoms with Gasteiger partial charge in [0.05, 0.1) is 11.5 Å². The summed E-state index contributed by atoms with van der Waals surface area (Å²) in [5, 5.41) is 0. The Morgan fingerprint density at radius 1 is 1.47 bits per heavy atom. The average molecular weight is 225 g/mol. The predicted molar refractivity (Wildman–Crippen MR) is 59.3 cm³/mol. The molecule has 15 heavy (non-hydrogen) atoms. The first-order valence-electron chi connectivity index (χ1n) is 5.32. The molecule has 2 bridgehead atoms. The van der Waals surface area contributed by atoms with Crippen molar-refractivity contribution in [1.82, 2.24) is 0 Å². The second kappa shape index (κ2) is 2.21. The normalized spacial score (nSPS) is 44.3. The summed E-state index contributed by atoms with van der Waals surface area (Å²) in [7, 11) is -3.23. The van der Waals surface area contributed by atoms with Crippen molar-refractivity contribution in [3.8, 4) is 0 Å². The molecule has 3 nitrogen and oxygen atoms in total. The van der Waals surface area contributed by atoms with E-state index in [1.54, 1.807) is 0 Å². The van der Waals surface area contributed by atoms with Crippen LogP contribution in [-0.2, 0) is 10.0 Å². The number of fused-ring (bicyclic) bond motifs is 1. The van der Waals surface area contributed by atoms with E-state index in [0.717, 1.165) is 24.1 Å². The van der Waals surface area contributed by atoms with Gasteiger partial charge in [-0.1, -0.05) is 20.4 Å². The minimum absolute atomic E-state index is 0.0203. The maximum atomic E-state index is 11.6. The molecule has 2 aliphatic carbocycles. The molecule has 82 valence electrons. The van der Waals surface area contributed by atoms with E-state index in [1.165, 1.54) is 0 Å². The zero-order chi connectivity index (χ0) is 11.1. The van der Waals surface area contributed by atoms with Crippen LogP contribution in [0.2, 0.25) is 0 Å². The Labute approximate surface area is 90.3 Å². The molecule has 0 amide bonds. The molecule has 0 N–H and O–H groups in total. The molecule has 3 aliphatic rings. The summed E-state index contributed by atoms with van der Waals surface area (Å²) >= 11 is 0. The summed E-state index contributed by atoms with van der Waals surface area (Å²) in [5.41, 5.74) is 1.58. The second-order valence-electron chi connectivity index (χ2n) is 5.59. The Bertz CT molecular complexity index is 501. The third kappa shape index (κ3) is 0.838. The molecule has 1 spiro atoms. The lowest BCUT2D eigenvalue weighted by Crippen LogP contribution is -2.37. The molecule has 3 rings (SSSR count). The van der Waals surface area contributed by atoms with E-state index >= 15 is 0 Å². The zero-order valence-corrected chi connectivity index (χ0v) is 9.89. The summed E-state index contributed by atoms with van der Waals surface area (Å²) in [6.45, 7) is 8.37. The van der Waals surface area contributed by atoms with E-state index in [0.29, 0.717) is 5.92 Å². The Kier molecular flexibility index (Phi) is 1.41. The van der Waals surface area contributed by atoms with Crippen molar-refractivity contribution < 1.29 is 8.42 Å². The van der Waals surface area contributed by atoms with Crippen LogP contribution in [0.25, 0.3) is 0 Å². The van der Waals surface area contributed by atoms with Gasteiger partial charge in [-0.15, -0.1) is 0 Å². The summed E-state index contributed by atoms with van der Waals surface area (Å²) in [6, 6.07) is 0. The molecule has 1 aliphatic heterocycles. The van der Waals surface area contributed by atoms with Gasteiger partial charge in [0.2, 0.25) is 0 Å². The van der Waals surface area contributed by atoms with Crippen LogP contribution < -0.4 is 0 Å². The van der Waals surface area contributed by atoms with Crippen LogP contribution in [0.1, 0.15) is 26.7 Å². The summed E-state index contributed by atoms with van der Waals surface area (Å²) < 4.78 is 27.2. The molecule has 0 aromatic rings. The molecule has 1 heterocycles. The lowest BCUT2D eigenvalue weighted by atomic mass is 9.70. The van der Waals surface area contributed by atoms with Crippen LogP contribution in [0.3, 0.4) is 0 Å². The van der Waals surface area contributed by atoms with Crippen molar-refractivity contribution in [2.24, 2.45) is 21.1 Å². The largest absolute Gasteiger partial charge is 0.254 e. The molecule has 1 unspecified atom stereocenters. The fourth-order valence-electron chi connectivity index (χ4n) is 3.87. The second-order valence-corrected chi connectivity index (χ2v) is 7.22. The third-order valence-electron chi connectivity index (χ3n) is 4.80. The third-order valence-corrected chi connectivity index (χ3v) is 6.12. The monoisotopic (exact) mass is 225 g/mol. The Morgan fingerprint density at radius 3 is 2.73 bits per heavy atom. The van der Waals surface area contributed by atoms with Gasteiger partial charge in [0, 0.05) is 5.41 Å². The van der Waals surface area contributed by atoms with E-state index < -0.39 is 10.0 Å². The first-order valence-corrected chi connectivity index (χ1v) is 6.93. The molecular formula is C11H15NO2S. The van der Waals surface area contributed by atoms with Crippen molar-refractivity contribution in [3.63, 3.8) is 0 Å². The van der Waals surface area contributed by atoms with Crippen LogP contribution in [0.5, 0.6) is 0 Å². The lowest BCUT2D eigenvalue weighted by Gasteiger charge is -2.33. The maximum Gasteiger partial charge on any atom is 0.254 e. The van der Waals surface area contributed by atoms with E-state index in [9.17, 15) is 8.42 Å². The summed E-state index contributed by atoms with van der Waals surface area (Å²) in [5.74, 6) is 0.643. The van der Waals surface area contributed by atoms with Gasteiger partial charge in [-0.3, -0.25) is 0 Å². The fraction of sp³-hybridized carbons (Fsp3) is 0.727. The van der Waals surface area contributed by atoms with Gasteiger partial charge in [-0.05, 0) is 29.7 Å². The zero-order valence-electron chi connectivity index (χ0n) is 9.08. The topological polar surface area (TPSA) is 46.5 Å². The van der Waals surface area contributed by atoms with Crippen LogP contribution in [0.4, 0.5) is 0 Å². The number of sulfonamides is 1. The molecule has 2 saturated carbocycles. The van der Waals surface area contributed by atoms with Gasteiger partial charge < -0.3 is 0 Å². The van der Waals surface area contributed by atoms with Crippen LogP contribution in [-0.4, -0.2) is 19.9 Å². The first-order chi connectivity index (χ1) is 6.80. The highest BCUT2D eigenvalue weighted by atomic mass is 32.2. The SMILES string of the molecule is C=C1C2=NS(=O)(=O)CC23CC[C@@H]1C3(C)C. The van der Waals surface area contributed by atoms with Crippen molar-refractivity contribution in [1.29, 1.82) is 0 Å².